The number of Topliss-reactive ketones (excluding diaryl/α,β-unsaturated/α-hetero) is 1. The Morgan fingerprint density at radius 2 is 1.52 bits per heavy atom. The maximum atomic E-state index is 11.5. The van der Waals surface area contributed by atoms with Crippen LogP contribution in [0.1, 0.15) is 59.3 Å². The van der Waals surface area contributed by atoms with Gasteiger partial charge in [-0.3, -0.25) is 4.79 Å². The minimum absolute atomic E-state index is 0.251. The Bertz CT molecular complexity index is 341. The zero-order chi connectivity index (χ0) is 18.5. The van der Waals surface area contributed by atoms with Crippen LogP contribution in [0, 0.1) is 23.7 Å². The minimum atomic E-state index is 0.251. The lowest BCUT2D eigenvalue weighted by molar-refractivity contribution is -0.122. The summed E-state index contributed by atoms with van der Waals surface area (Å²) in [6.45, 7) is 10.00. The molecular formula is C20H37ClO4. The number of rotatable bonds is 14. The van der Waals surface area contributed by atoms with Crippen molar-refractivity contribution in [3.8, 4) is 0 Å². The van der Waals surface area contributed by atoms with Crippen LogP contribution in [0.5, 0.6) is 0 Å². The fourth-order valence-electron chi connectivity index (χ4n) is 3.73. The van der Waals surface area contributed by atoms with E-state index in [1.807, 2.05) is 0 Å². The van der Waals surface area contributed by atoms with Gasteiger partial charge in [0.05, 0.1) is 6.61 Å². The zero-order valence-corrected chi connectivity index (χ0v) is 17.1. The van der Waals surface area contributed by atoms with E-state index in [9.17, 15) is 4.79 Å². The molecule has 0 radical (unpaired) electrons. The largest absolute Gasteiger partial charge is 0.381 e. The summed E-state index contributed by atoms with van der Waals surface area (Å²) >= 11 is 5.43. The van der Waals surface area contributed by atoms with Gasteiger partial charge in [-0.2, -0.15) is 0 Å². The zero-order valence-electron chi connectivity index (χ0n) is 16.3. The van der Waals surface area contributed by atoms with Crippen molar-refractivity contribution in [1.29, 1.82) is 0 Å². The molecule has 148 valence electrons. The molecule has 1 aliphatic carbocycles. The first-order valence-electron chi connectivity index (χ1n) is 9.85. The second-order valence-corrected chi connectivity index (χ2v) is 7.76. The molecule has 0 bridgehead atoms. The van der Waals surface area contributed by atoms with Gasteiger partial charge in [0, 0.05) is 32.3 Å². The highest BCUT2D eigenvalue weighted by Crippen LogP contribution is 2.37. The van der Waals surface area contributed by atoms with Crippen LogP contribution in [0.3, 0.4) is 0 Å². The SMILES string of the molecule is CC(=O)C1CCC(C(COCCCOCCCOCCl)C(C)C)CC1. The summed E-state index contributed by atoms with van der Waals surface area (Å²) in [6, 6.07) is 0.251. The van der Waals surface area contributed by atoms with E-state index in [0.717, 1.165) is 45.5 Å². The lowest BCUT2D eigenvalue weighted by Gasteiger charge is -2.35. The van der Waals surface area contributed by atoms with Crippen LogP contribution >= 0.6 is 11.6 Å². The van der Waals surface area contributed by atoms with E-state index in [1.165, 1.54) is 12.8 Å². The van der Waals surface area contributed by atoms with Crippen molar-refractivity contribution in [3.05, 3.63) is 0 Å². The number of ether oxygens (including phenoxy) is 3. The average molecular weight is 377 g/mol. The molecule has 4 nitrogen and oxygen atoms in total. The fraction of sp³-hybridized carbons (Fsp3) is 0.950. The van der Waals surface area contributed by atoms with Crippen LogP contribution in [0.4, 0.5) is 0 Å². The molecule has 0 spiro atoms. The molecule has 1 atom stereocenters. The molecule has 0 saturated heterocycles. The summed E-state index contributed by atoms with van der Waals surface area (Å²) in [4.78, 5) is 11.5. The highest BCUT2D eigenvalue weighted by atomic mass is 35.5. The van der Waals surface area contributed by atoms with Crippen LogP contribution in [-0.4, -0.2) is 44.9 Å². The van der Waals surface area contributed by atoms with Crippen molar-refractivity contribution in [2.45, 2.75) is 59.3 Å². The van der Waals surface area contributed by atoms with E-state index in [2.05, 4.69) is 13.8 Å². The average Bonchev–Trinajstić information content (AvgIpc) is 2.59. The molecule has 1 fully saturated rings. The number of alkyl halides is 1. The Labute approximate surface area is 158 Å². The maximum absolute atomic E-state index is 11.5. The number of carbonyl (C=O) groups is 1. The van der Waals surface area contributed by atoms with Crippen LogP contribution < -0.4 is 0 Å². The summed E-state index contributed by atoms with van der Waals surface area (Å²) in [6.07, 6.45) is 6.27. The quantitative estimate of drug-likeness (QED) is 0.326. The predicted molar refractivity (Wildman–Crippen MR) is 102 cm³/mol. The number of halogens is 1. The molecule has 0 N–H and O–H groups in total. The number of carbonyl (C=O) groups excluding carboxylic acids is 1. The fourth-order valence-corrected chi connectivity index (χ4v) is 3.84. The Balaban J connectivity index is 2.11. The molecule has 0 heterocycles. The van der Waals surface area contributed by atoms with Gasteiger partial charge >= 0.3 is 0 Å². The summed E-state index contributed by atoms with van der Waals surface area (Å²) < 4.78 is 16.5. The topological polar surface area (TPSA) is 44.8 Å². The highest BCUT2D eigenvalue weighted by molar-refractivity contribution is 6.17. The van der Waals surface area contributed by atoms with Gasteiger partial charge in [-0.25, -0.2) is 0 Å². The number of hydrogen-bond acceptors (Lipinski definition) is 4. The van der Waals surface area contributed by atoms with Crippen LogP contribution in [0.15, 0.2) is 0 Å². The summed E-state index contributed by atoms with van der Waals surface area (Å²) in [5, 5.41) is 0. The van der Waals surface area contributed by atoms with Gasteiger partial charge in [0.2, 0.25) is 0 Å². The van der Waals surface area contributed by atoms with E-state index >= 15 is 0 Å². The van der Waals surface area contributed by atoms with Gasteiger partial charge in [-0.1, -0.05) is 25.4 Å². The third-order valence-electron chi connectivity index (χ3n) is 5.35. The van der Waals surface area contributed by atoms with Crippen molar-refractivity contribution < 1.29 is 19.0 Å². The molecule has 25 heavy (non-hydrogen) atoms. The van der Waals surface area contributed by atoms with E-state index < -0.39 is 0 Å². The minimum Gasteiger partial charge on any atom is -0.381 e. The van der Waals surface area contributed by atoms with E-state index in [4.69, 9.17) is 25.8 Å². The molecule has 1 rings (SSSR count). The van der Waals surface area contributed by atoms with Crippen molar-refractivity contribution in [2.75, 3.05) is 39.1 Å². The summed E-state index contributed by atoms with van der Waals surface area (Å²) in [5.41, 5.74) is 0. The number of hydrogen-bond donors (Lipinski definition) is 0. The second kappa shape index (κ2) is 14.0. The molecule has 0 amide bonds. The Morgan fingerprint density at radius 3 is 2.04 bits per heavy atom. The van der Waals surface area contributed by atoms with E-state index in [-0.39, 0.29) is 6.07 Å². The molecule has 0 aromatic carbocycles. The first-order chi connectivity index (χ1) is 12.1. The van der Waals surface area contributed by atoms with Gasteiger partial charge in [0.15, 0.2) is 0 Å². The van der Waals surface area contributed by atoms with E-state index in [1.54, 1.807) is 6.92 Å². The third-order valence-corrected chi connectivity index (χ3v) is 5.51. The van der Waals surface area contributed by atoms with Gasteiger partial charge in [0.25, 0.3) is 0 Å². The van der Waals surface area contributed by atoms with E-state index in [0.29, 0.717) is 42.7 Å². The highest BCUT2D eigenvalue weighted by Gasteiger charge is 2.30. The normalized spacial score (nSPS) is 22.3. The third kappa shape index (κ3) is 9.93. The molecule has 1 saturated carbocycles. The predicted octanol–water partition coefficient (Wildman–Crippen LogP) is 4.68. The van der Waals surface area contributed by atoms with Crippen LogP contribution in [0.25, 0.3) is 0 Å². The molecule has 1 unspecified atom stereocenters. The van der Waals surface area contributed by atoms with Gasteiger partial charge in [-0.05, 0) is 63.2 Å². The standard InChI is InChI=1S/C20H37ClO4/c1-16(2)20(19-8-6-18(7-9-19)17(3)22)14-24-12-4-10-23-11-5-13-25-15-21/h16,18-20H,4-15H2,1-3H3. The summed E-state index contributed by atoms with van der Waals surface area (Å²) in [7, 11) is 0. The van der Waals surface area contributed by atoms with Crippen LogP contribution in [0.2, 0.25) is 0 Å². The Hall–Kier alpha value is -0.160. The summed E-state index contributed by atoms with van der Waals surface area (Å²) in [5.74, 6) is 2.59. The first kappa shape index (κ1) is 22.9. The molecule has 0 aliphatic heterocycles. The van der Waals surface area contributed by atoms with Gasteiger partial charge < -0.3 is 14.2 Å². The van der Waals surface area contributed by atoms with Gasteiger partial charge in [-0.15, -0.1) is 0 Å². The monoisotopic (exact) mass is 376 g/mol. The maximum Gasteiger partial charge on any atom is 0.132 e. The van der Waals surface area contributed by atoms with Crippen molar-refractivity contribution in [2.24, 2.45) is 23.7 Å². The Kier molecular flexibility index (Phi) is 12.8. The molecule has 1 aliphatic rings. The lowest BCUT2D eigenvalue weighted by atomic mass is 9.72. The molecule has 0 aromatic rings. The van der Waals surface area contributed by atoms with Crippen molar-refractivity contribution in [3.63, 3.8) is 0 Å². The van der Waals surface area contributed by atoms with Gasteiger partial charge in [0.1, 0.15) is 11.8 Å². The lowest BCUT2D eigenvalue weighted by Crippen LogP contribution is -2.30. The number of ketones is 1. The second-order valence-electron chi connectivity index (χ2n) is 7.54. The van der Waals surface area contributed by atoms with Crippen LogP contribution in [-0.2, 0) is 19.0 Å². The molecule has 0 aromatic heterocycles. The smallest absolute Gasteiger partial charge is 0.132 e. The first-order valence-corrected chi connectivity index (χ1v) is 10.4. The molecule has 5 heteroatoms. The van der Waals surface area contributed by atoms with Crippen molar-refractivity contribution in [1.82, 2.24) is 0 Å². The van der Waals surface area contributed by atoms with Crippen molar-refractivity contribution >= 4 is 17.4 Å². The Morgan fingerprint density at radius 1 is 0.960 bits per heavy atom. The molecular weight excluding hydrogens is 340 g/mol.